The third-order valence-electron chi connectivity index (χ3n) is 1.84. The third kappa shape index (κ3) is 0.990. The molecule has 0 aromatic rings. The van der Waals surface area contributed by atoms with Crippen molar-refractivity contribution in [3.63, 3.8) is 0 Å². The Balaban J connectivity index is 2.49. The molecule has 52 valence electrons. The van der Waals surface area contributed by atoms with Gasteiger partial charge in [0.05, 0.1) is 18.6 Å². The van der Waals surface area contributed by atoms with Gasteiger partial charge in [0.2, 0.25) is 0 Å². The summed E-state index contributed by atoms with van der Waals surface area (Å²) in [5.74, 6) is 0.328. The molecule has 2 nitrogen and oxygen atoms in total. The molecule has 1 heterocycles. The van der Waals surface area contributed by atoms with Gasteiger partial charge in [-0.1, -0.05) is 6.92 Å². The highest BCUT2D eigenvalue weighted by Crippen LogP contribution is 2.28. The molecule has 9 heavy (non-hydrogen) atoms. The molecule has 0 amide bonds. The fourth-order valence-corrected chi connectivity index (χ4v) is 0.996. The van der Waals surface area contributed by atoms with E-state index < -0.39 is 0 Å². The number of ether oxygens (including phenoxy) is 1. The SMILES string of the molecule is CCC(=O)C1(C)COC1. The fraction of sp³-hybridized carbons (Fsp3) is 0.857. The van der Waals surface area contributed by atoms with Crippen molar-refractivity contribution in [2.24, 2.45) is 5.41 Å². The minimum absolute atomic E-state index is 0.130. The molecule has 0 spiro atoms. The summed E-state index contributed by atoms with van der Waals surface area (Å²) in [5, 5.41) is 0. The second-order valence-electron chi connectivity index (χ2n) is 2.83. The first-order valence-corrected chi connectivity index (χ1v) is 3.30. The van der Waals surface area contributed by atoms with Gasteiger partial charge in [-0.05, 0) is 6.92 Å². The molecule has 0 atom stereocenters. The fourth-order valence-electron chi connectivity index (χ4n) is 0.996. The first-order valence-electron chi connectivity index (χ1n) is 3.30. The third-order valence-corrected chi connectivity index (χ3v) is 1.84. The van der Waals surface area contributed by atoms with Crippen molar-refractivity contribution >= 4 is 5.78 Å². The van der Waals surface area contributed by atoms with E-state index in [1.165, 1.54) is 0 Å². The highest BCUT2D eigenvalue weighted by Gasteiger charge is 2.39. The van der Waals surface area contributed by atoms with E-state index in [1.54, 1.807) is 0 Å². The first-order chi connectivity index (χ1) is 4.19. The van der Waals surface area contributed by atoms with Crippen LogP contribution in [0.1, 0.15) is 20.3 Å². The number of rotatable bonds is 2. The number of hydrogen-bond acceptors (Lipinski definition) is 2. The molecule has 0 aromatic heterocycles. The van der Waals surface area contributed by atoms with Crippen LogP contribution in [0.2, 0.25) is 0 Å². The van der Waals surface area contributed by atoms with E-state index in [0.29, 0.717) is 25.4 Å². The van der Waals surface area contributed by atoms with Gasteiger partial charge >= 0.3 is 0 Å². The van der Waals surface area contributed by atoms with Crippen LogP contribution in [0.4, 0.5) is 0 Å². The lowest BCUT2D eigenvalue weighted by molar-refractivity contribution is -0.154. The predicted molar refractivity (Wildman–Crippen MR) is 34.2 cm³/mol. The van der Waals surface area contributed by atoms with Crippen LogP contribution in [0.5, 0.6) is 0 Å². The van der Waals surface area contributed by atoms with Crippen LogP contribution in [-0.4, -0.2) is 19.0 Å². The maximum atomic E-state index is 11.0. The van der Waals surface area contributed by atoms with Crippen molar-refractivity contribution in [1.82, 2.24) is 0 Å². The van der Waals surface area contributed by atoms with Gasteiger partial charge in [0.25, 0.3) is 0 Å². The summed E-state index contributed by atoms with van der Waals surface area (Å²) in [4.78, 5) is 11.0. The monoisotopic (exact) mass is 128 g/mol. The zero-order valence-electron chi connectivity index (χ0n) is 5.94. The minimum atomic E-state index is -0.130. The minimum Gasteiger partial charge on any atom is -0.379 e. The van der Waals surface area contributed by atoms with E-state index in [4.69, 9.17) is 4.74 Å². The number of carbonyl (C=O) groups is 1. The molecule has 1 saturated heterocycles. The Hall–Kier alpha value is -0.370. The van der Waals surface area contributed by atoms with E-state index in [1.807, 2.05) is 13.8 Å². The molecule has 0 bridgehead atoms. The first kappa shape index (κ1) is 6.75. The average Bonchev–Trinajstić information content (AvgIpc) is 1.81. The average molecular weight is 128 g/mol. The van der Waals surface area contributed by atoms with Crippen LogP contribution in [0.25, 0.3) is 0 Å². The van der Waals surface area contributed by atoms with Crippen LogP contribution in [0.15, 0.2) is 0 Å². The van der Waals surface area contributed by atoms with E-state index in [2.05, 4.69) is 0 Å². The molecule has 0 saturated carbocycles. The van der Waals surface area contributed by atoms with Crippen molar-refractivity contribution < 1.29 is 9.53 Å². The summed E-state index contributed by atoms with van der Waals surface area (Å²) in [5.41, 5.74) is -0.130. The normalized spacial score (nSPS) is 22.9. The molecule has 0 radical (unpaired) electrons. The summed E-state index contributed by atoms with van der Waals surface area (Å²) in [7, 11) is 0. The highest BCUT2D eigenvalue weighted by atomic mass is 16.5. The molecule has 1 aliphatic heterocycles. The van der Waals surface area contributed by atoms with Gasteiger partial charge in [0.1, 0.15) is 5.78 Å². The number of carbonyl (C=O) groups excluding carboxylic acids is 1. The van der Waals surface area contributed by atoms with Gasteiger partial charge in [-0.3, -0.25) is 4.79 Å². The van der Waals surface area contributed by atoms with Crippen LogP contribution in [0, 0.1) is 5.41 Å². The molecule has 0 aromatic carbocycles. The van der Waals surface area contributed by atoms with Crippen molar-refractivity contribution in [2.75, 3.05) is 13.2 Å². The standard InChI is InChI=1S/C7H12O2/c1-3-6(8)7(2)4-9-5-7/h3-5H2,1-2H3. The van der Waals surface area contributed by atoms with Crippen molar-refractivity contribution in [1.29, 1.82) is 0 Å². The molecule has 0 unspecified atom stereocenters. The summed E-state index contributed by atoms with van der Waals surface area (Å²) in [6, 6.07) is 0. The zero-order chi connectivity index (χ0) is 6.91. The molecule has 2 heteroatoms. The number of Topliss-reactive ketones (excluding diaryl/α,β-unsaturated/α-hetero) is 1. The van der Waals surface area contributed by atoms with Crippen LogP contribution in [0.3, 0.4) is 0 Å². The van der Waals surface area contributed by atoms with E-state index in [0.717, 1.165) is 0 Å². The number of hydrogen-bond donors (Lipinski definition) is 0. The summed E-state index contributed by atoms with van der Waals surface area (Å²) in [6.45, 7) is 5.10. The Morgan fingerprint density at radius 1 is 1.67 bits per heavy atom. The lowest BCUT2D eigenvalue weighted by Crippen LogP contribution is -2.46. The van der Waals surface area contributed by atoms with E-state index in [9.17, 15) is 4.79 Å². The topological polar surface area (TPSA) is 26.3 Å². The lowest BCUT2D eigenvalue weighted by atomic mass is 9.83. The largest absolute Gasteiger partial charge is 0.379 e. The molecule has 0 N–H and O–H groups in total. The van der Waals surface area contributed by atoms with Gasteiger partial charge in [0, 0.05) is 6.42 Å². The smallest absolute Gasteiger partial charge is 0.143 e. The molecule has 1 rings (SSSR count). The van der Waals surface area contributed by atoms with Gasteiger partial charge in [-0.15, -0.1) is 0 Å². The van der Waals surface area contributed by atoms with Crippen molar-refractivity contribution in [2.45, 2.75) is 20.3 Å². The van der Waals surface area contributed by atoms with E-state index >= 15 is 0 Å². The molecular formula is C7H12O2. The zero-order valence-corrected chi connectivity index (χ0v) is 5.94. The Bertz CT molecular complexity index is 125. The second kappa shape index (κ2) is 2.10. The van der Waals surface area contributed by atoms with Crippen LogP contribution >= 0.6 is 0 Å². The summed E-state index contributed by atoms with van der Waals surface area (Å²) in [6.07, 6.45) is 0.639. The maximum Gasteiger partial charge on any atom is 0.143 e. The van der Waals surface area contributed by atoms with Gasteiger partial charge in [-0.2, -0.15) is 0 Å². The molecule has 1 aliphatic rings. The Labute approximate surface area is 55.2 Å². The van der Waals surface area contributed by atoms with Gasteiger partial charge in [0.15, 0.2) is 0 Å². The quantitative estimate of drug-likeness (QED) is 0.554. The highest BCUT2D eigenvalue weighted by molar-refractivity contribution is 5.85. The number of ketones is 1. The summed E-state index contributed by atoms with van der Waals surface area (Å²) < 4.78 is 4.94. The van der Waals surface area contributed by atoms with Crippen LogP contribution < -0.4 is 0 Å². The molecular weight excluding hydrogens is 116 g/mol. The van der Waals surface area contributed by atoms with Gasteiger partial charge in [-0.25, -0.2) is 0 Å². The summed E-state index contributed by atoms with van der Waals surface area (Å²) >= 11 is 0. The van der Waals surface area contributed by atoms with Crippen molar-refractivity contribution in [3.8, 4) is 0 Å². The molecule has 1 fully saturated rings. The Morgan fingerprint density at radius 3 is 2.33 bits per heavy atom. The van der Waals surface area contributed by atoms with E-state index in [-0.39, 0.29) is 5.41 Å². The molecule has 0 aliphatic carbocycles. The Kier molecular flexibility index (Phi) is 1.58. The maximum absolute atomic E-state index is 11.0. The second-order valence-corrected chi connectivity index (χ2v) is 2.83. The van der Waals surface area contributed by atoms with Crippen LogP contribution in [-0.2, 0) is 9.53 Å². The van der Waals surface area contributed by atoms with Crippen molar-refractivity contribution in [3.05, 3.63) is 0 Å². The lowest BCUT2D eigenvalue weighted by Gasteiger charge is -2.36. The van der Waals surface area contributed by atoms with Gasteiger partial charge < -0.3 is 4.74 Å². The predicted octanol–water partition coefficient (Wildman–Crippen LogP) is 1.00. The Morgan fingerprint density at radius 2 is 2.22 bits per heavy atom.